The SMILES string of the molecule is Cc1nc(-c2ccc(C)c(S(=O)(=O)N3c4ccccc4C[C@H]3C)c2)cs1. The monoisotopic (exact) mass is 384 g/mol. The zero-order valence-corrected chi connectivity index (χ0v) is 16.6. The minimum atomic E-state index is -3.65. The first-order chi connectivity index (χ1) is 12.4. The molecule has 0 saturated heterocycles. The van der Waals surface area contributed by atoms with Crippen LogP contribution in [0, 0.1) is 13.8 Å². The predicted molar refractivity (Wildman–Crippen MR) is 106 cm³/mol. The molecule has 134 valence electrons. The molecule has 0 saturated carbocycles. The van der Waals surface area contributed by atoms with Gasteiger partial charge in [0.2, 0.25) is 0 Å². The molecule has 0 aliphatic carbocycles. The van der Waals surface area contributed by atoms with Crippen molar-refractivity contribution in [2.75, 3.05) is 4.31 Å². The molecule has 1 aliphatic rings. The van der Waals surface area contributed by atoms with Crippen LogP contribution in [-0.2, 0) is 16.4 Å². The van der Waals surface area contributed by atoms with Gasteiger partial charge in [-0.3, -0.25) is 4.31 Å². The number of sulfonamides is 1. The lowest BCUT2D eigenvalue weighted by molar-refractivity contribution is 0.583. The van der Waals surface area contributed by atoms with Crippen LogP contribution < -0.4 is 4.31 Å². The van der Waals surface area contributed by atoms with Crippen molar-refractivity contribution >= 4 is 27.0 Å². The molecule has 4 rings (SSSR count). The summed E-state index contributed by atoms with van der Waals surface area (Å²) in [5, 5.41) is 2.93. The number of nitrogens with zero attached hydrogens (tertiary/aromatic N) is 2. The average Bonchev–Trinajstić information content (AvgIpc) is 3.17. The van der Waals surface area contributed by atoms with Crippen LogP contribution in [0.1, 0.15) is 23.1 Å². The van der Waals surface area contributed by atoms with Crippen LogP contribution in [0.15, 0.2) is 52.7 Å². The van der Waals surface area contributed by atoms with Gasteiger partial charge in [-0.1, -0.05) is 30.3 Å². The first-order valence-corrected chi connectivity index (χ1v) is 10.9. The summed E-state index contributed by atoms with van der Waals surface area (Å²) in [6, 6.07) is 13.2. The molecular weight excluding hydrogens is 364 g/mol. The summed E-state index contributed by atoms with van der Waals surface area (Å²) in [6.07, 6.45) is 0.736. The third-order valence-electron chi connectivity index (χ3n) is 4.78. The van der Waals surface area contributed by atoms with Gasteiger partial charge in [0.05, 0.1) is 21.3 Å². The normalized spacial score (nSPS) is 16.7. The molecule has 3 aromatic rings. The molecule has 1 aromatic heterocycles. The summed E-state index contributed by atoms with van der Waals surface area (Å²) < 4.78 is 28.6. The molecule has 2 aromatic carbocycles. The standard InChI is InChI=1S/C20H20N2O2S2/c1-13-8-9-16(18-12-25-15(3)21-18)11-20(13)26(23,24)22-14(2)10-17-6-4-5-7-19(17)22/h4-9,11-12,14H,10H2,1-3H3/t14-/m1/s1. The van der Waals surface area contributed by atoms with E-state index in [1.54, 1.807) is 21.7 Å². The van der Waals surface area contributed by atoms with Gasteiger partial charge in [-0.15, -0.1) is 11.3 Å². The van der Waals surface area contributed by atoms with E-state index in [0.29, 0.717) is 4.90 Å². The molecule has 0 spiro atoms. The summed E-state index contributed by atoms with van der Waals surface area (Å²) in [7, 11) is -3.65. The third-order valence-corrected chi connectivity index (χ3v) is 7.63. The molecule has 0 unspecified atom stereocenters. The maximum absolute atomic E-state index is 13.5. The van der Waals surface area contributed by atoms with E-state index in [-0.39, 0.29) is 6.04 Å². The van der Waals surface area contributed by atoms with E-state index >= 15 is 0 Å². The van der Waals surface area contributed by atoms with Gasteiger partial charge in [-0.05, 0) is 50.5 Å². The van der Waals surface area contributed by atoms with Crippen molar-refractivity contribution in [2.45, 2.75) is 38.1 Å². The van der Waals surface area contributed by atoms with Crippen molar-refractivity contribution in [3.05, 3.63) is 64.0 Å². The maximum atomic E-state index is 13.5. The average molecular weight is 385 g/mol. The highest BCUT2D eigenvalue weighted by molar-refractivity contribution is 7.93. The van der Waals surface area contributed by atoms with E-state index in [1.165, 1.54) is 0 Å². The van der Waals surface area contributed by atoms with E-state index in [0.717, 1.165) is 39.5 Å². The first kappa shape index (κ1) is 17.2. The fourth-order valence-electron chi connectivity index (χ4n) is 3.54. The number of benzene rings is 2. The summed E-state index contributed by atoms with van der Waals surface area (Å²) in [4.78, 5) is 4.84. The Kier molecular flexibility index (Phi) is 4.12. The second-order valence-electron chi connectivity index (χ2n) is 6.71. The predicted octanol–water partition coefficient (Wildman–Crippen LogP) is 4.57. The zero-order chi connectivity index (χ0) is 18.5. The minimum Gasteiger partial charge on any atom is -0.263 e. The molecule has 4 nitrogen and oxygen atoms in total. The second kappa shape index (κ2) is 6.21. The van der Waals surface area contributed by atoms with E-state index in [4.69, 9.17) is 0 Å². The Labute approximate surface area is 158 Å². The number of hydrogen-bond donors (Lipinski definition) is 0. The van der Waals surface area contributed by atoms with Gasteiger partial charge in [0, 0.05) is 17.0 Å². The molecule has 26 heavy (non-hydrogen) atoms. The molecule has 1 atom stereocenters. The summed E-state index contributed by atoms with van der Waals surface area (Å²) in [5.41, 5.74) is 4.26. The first-order valence-electron chi connectivity index (χ1n) is 8.53. The van der Waals surface area contributed by atoms with Crippen LogP contribution in [0.3, 0.4) is 0 Å². The molecule has 0 bridgehead atoms. The van der Waals surface area contributed by atoms with Crippen molar-refractivity contribution in [1.29, 1.82) is 0 Å². The number of para-hydroxylation sites is 1. The molecule has 0 amide bonds. The smallest absolute Gasteiger partial charge is 0.263 e. The topological polar surface area (TPSA) is 50.3 Å². The molecule has 0 N–H and O–H groups in total. The lowest BCUT2D eigenvalue weighted by Crippen LogP contribution is -2.36. The van der Waals surface area contributed by atoms with Gasteiger partial charge in [-0.25, -0.2) is 13.4 Å². The van der Waals surface area contributed by atoms with E-state index < -0.39 is 10.0 Å². The van der Waals surface area contributed by atoms with Crippen LogP contribution in [0.2, 0.25) is 0 Å². The van der Waals surface area contributed by atoms with Gasteiger partial charge >= 0.3 is 0 Å². The number of rotatable bonds is 3. The highest BCUT2D eigenvalue weighted by atomic mass is 32.2. The Morgan fingerprint density at radius 2 is 1.92 bits per heavy atom. The van der Waals surface area contributed by atoms with E-state index in [2.05, 4.69) is 4.98 Å². The van der Waals surface area contributed by atoms with Crippen LogP contribution in [-0.4, -0.2) is 19.4 Å². The van der Waals surface area contributed by atoms with Crippen molar-refractivity contribution in [2.24, 2.45) is 0 Å². The molecule has 1 aliphatic heterocycles. The van der Waals surface area contributed by atoms with Crippen molar-refractivity contribution in [3.8, 4) is 11.3 Å². The van der Waals surface area contributed by atoms with Gasteiger partial charge in [0.15, 0.2) is 0 Å². The Morgan fingerprint density at radius 3 is 2.65 bits per heavy atom. The van der Waals surface area contributed by atoms with E-state index in [1.807, 2.05) is 62.5 Å². The highest BCUT2D eigenvalue weighted by Gasteiger charge is 2.36. The Bertz CT molecular complexity index is 1090. The van der Waals surface area contributed by atoms with Gasteiger partial charge in [-0.2, -0.15) is 0 Å². The van der Waals surface area contributed by atoms with Gasteiger partial charge in [0.25, 0.3) is 10.0 Å². The summed E-state index contributed by atoms with van der Waals surface area (Å²) in [5.74, 6) is 0. The van der Waals surface area contributed by atoms with Gasteiger partial charge < -0.3 is 0 Å². The molecule has 6 heteroatoms. The number of thiazole rings is 1. The number of hydrogen-bond acceptors (Lipinski definition) is 4. The Balaban J connectivity index is 1.84. The fourth-order valence-corrected chi connectivity index (χ4v) is 6.11. The molecule has 2 heterocycles. The third kappa shape index (κ3) is 2.73. The quantitative estimate of drug-likeness (QED) is 0.665. The van der Waals surface area contributed by atoms with Crippen molar-refractivity contribution in [1.82, 2.24) is 4.98 Å². The fraction of sp³-hybridized carbons (Fsp3) is 0.250. The van der Waals surface area contributed by atoms with Crippen molar-refractivity contribution in [3.63, 3.8) is 0 Å². The number of fused-ring (bicyclic) bond motifs is 1. The molecule has 0 fully saturated rings. The lowest BCUT2D eigenvalue weighted by atomic mass is 10.1. The van der Waals surface area contributed by atoms with Gasteiger partial charge in [0.1, 0.15) is 0 Å². The largest absolute Gasteiger partial charge is 0.264 e. The van der Waals surface area contributed by atoms with E-state index in [9.17, 15) is 8.42 Å². The van der Waals surface area contributed by atoms with Crippen molar-refractivity contribution < 1.29 is 8.42 Å². The molecule has 0 radical (unpaired) electrons. The summed E-state index contributed by atoms with van der Waals surface area (Å²) >= 11 is 1.56. The maximum Gasteiger partial charge on any atom is 0.264 e. The minimum absolute atomic E-state index is 0.0954. The van der Waals surface area contributed by atoms with Crippen LogP contribution in [0.4, 0.5) is 5.69 Å². The number of aromatic nitrogens is 1. The lowest BCUT2D eigenvalue weighted by Gasteiger charge is -2.25. The van der Waals surface area contributed by atoms with Crippen LogP contribution in [0.5, 0.6) is 0 Å². The highest BCUT2D eigenvalue weighted by Crippen LogP contribution is 2.38. The zero-order valence-electron chi connectivity index (χ0n) is 14.9. The Morgan fingerprint density at radius 1 is 1.15 bits per heavy atom. The van der Waals surface area contributed by atoms with Crippen LogP contribution in [0.25, 0.3) is 11.3 Å². The Hall–Kier alpha value is -2.18. The second-order valence-corrected chi connectivity index (χ2v) is 9.56. The molecular formula is C20H20N2O2S2. The van der Waals surface area contributed by atoms with Crippen LogP contribution >= 0.6 is 11.3 Å². The number of aryl methyl sites for hydroxylation is 2. The number of anilines is 1. The summed E-state index contributed by atoms with van der Waals surface area (Å²) in [6.45, 7) is 5.75.